The third-order valence-electron chi connectivity index (χ3n) is 3.83. The van der Waals surface area contributed by atoms with E-state index in [0.717, 1.165) is 30.2 Å². The van der Waals surface area contributed by atoms with Gasteiger partial charge in [0, 0.05) is 37.6 Å². The molecule has 26 heavy (non-hydrogen) atoms. The van der Waals surface area contributed by atoms with E-state index in [-0.39, 0.29) is 24.0 Å². The topological polar surface area (TPSA) is 46.1 Å². The average molecular weight is 489 g/mol. The Bertz CT molecular complexity index is 650. The SMILES string of the molecule is CN=C(NCCOCc1ccccc1OC)N(C)CCc1cccs1.I. The van der Waals surface area contributed by atoms with Crippen LogP contribution in [0.2, 0.25) is 0 Å². The Morgan fingerprint density at radius 2 is 2.04 bits per heavy atom. The van der Waals surface area contributed by atoms with E-state index >= 15 is 0 Å². The Morgan fingerprint density at radius 3 is 2.73 bits per heavy atom. The third kappa shape index (κ3) is 7.51. The molecule has 0 aliphatic carbocycles. The quantitative estimate of drug-likeness (QED) is 0.253. The molecule has 0 aliphatic rings. The number of benzene rings is 1. The molecule has 1 heterocycles. The molecule has 2 rings (SSSR count). The first-order valence-electron chi connectivity index (χ1n) is 8.38. The van der Waals surface area contributed by atoms with E-state index in [0.29, 0.717) is 19.8 Å². The number of para-hydroxylation sites is 1. The van der Waals surface area contributed by atoms with Crippen LogP contribution in [0.15, 0.2) is 46.8 Å². The molecule has 0 spiro atoms. The molecule has 2 aromatic rings. The highest BCUT2D eigenvalue weighted by Gasteiger charge is 2.06. The van der Waals surface area contributed by atoms with Crippen molar-refractivity contribution >= 4 is 41.3 Å². The van der Waals surface area contributed by atoms with Crippen LogP contribution in [0.25, 0.3) is 0 Å². The van der Waals surface area contributed by atoms with E-state index < -0.39 is 0 Å². The summed E-state index contributed by atoms with van der Waals surface area (Å²) in [6, 6.07) is 12.2. The van der Waals surface area contributed by atoms with Gasteiger partial charge in [0.05, 0.1) is 20.3 Å². The van der Waals surface area contributed by atoms with Crippen molar-refractivity contribution in [2.24, 2.45) is 4.99 Å². The van der Waals surface area contributed by atoms with E-state index in [1.54, 1.807) is 25.5 Å². The lowest BCUT2D eigenvalue weighted by Gasteiger charge is -2.21. The zero-order valence-electron chi connectivity index (χ0n) is 15.6. The van der Waals surface area contributed by atoms with Crippen LogP contribution in [-0.2, 0) is 17.8 Å². The highest BCUT2D eigenvalue weighted by atomic mass is 127. The maximum atomic E-state index is 5.74. The van der Waals surface area contributed by atoms with Crippen LogP contribution >= 0.6 is 35.3 Å². The number of ether oxygens (including phenoxy) is 2. The highest BCUT2D eigenvalue weighted by molar-refractivity contribution is 14.0. The number of thiophene rings is 1. The first-order chi connectivity index (χ1) is 12.2. The van der Waals surface area contributed by atoms with Crippen molar-refractivity contribution in [2.45, 2.75) is 13.0 Å². The Balaban J connectivity index is 0.00000338. The van der Waals surface area contributed by atoms with Crippen molar-refractivity contribution in [1.82, 2.24) is 10.2 Å². The smallest absolute Gasteiger partial charge is 0.193 e. The molecular weight excluding hydrogens is 461 g/mol. The number of hydrogen-bond donors (Lipinski definition) is 1. The number of likely N-dealkylation sites (N-methyl/N-ethyl adjacent to an activating group) is 1. The van der Waals surface area contributed by atoms with Gasteiger partial charge in [-0.15, -0.1) is 35.3 Å². The van der Waals surface area contributed by atoms with Crippen molar-refractivity contribution in [1.29, 1.82) is 0 Å². The predicted octanol–water partition coefficient (Wildman–Crippen LogP) is 3.64. The van der Waals surface area contributed by atoms with E-state index in [4.69, 9.17) is 9.47 Å². The largest absolute Gasteiger partial charge is 0.496 e. The number of aliphatic imine (C=N–C) groups is 1. The number of halogens is 1. The first-order valence-corrected chi connectivity index (χ1v) is 9.26. The van der Waals surface area contributed by atoms with Crippen molar-refractivity contribution in [3.63, 3.8) is 0 Å². The molecule has 0 saturated heterocycles. The summed E-state index contributed by atoms with van der Waals surface area (Å²) in [5, 5.41) is 5.45. The van der Waals surface area contributed by atoms with Gasteiger partial charge in [0.25, 0.3) is 0 Å². The second kappa shape index (κ2) is 12.9. The molecule has 0 unspecified atom stereocenters. The molecule has 1 N–H and O–H groups in total. The fraction of sp³-hybridized carbons (Fsp3) is 0.421. The van der Waals surface area contributed by atoms with Gasteiger partial charge in [-0.1, -0.05) is 24.3 Å². The van der Waals surface area contributed by atoms with Gasteiger partial charge in [-0.25, -0.2) is 0 Å². The van der Waals surface area contributed by atoms with Gasteiger partial charge in [0.15, 0.2) is 5.96 Å². The lowest BCUT2D eigenvalue weighted by Crippen LogP contribution is -2.41. The summed E-state index contributed by atoms with van der Waals surface area (Å²) in [5.74, 6) is 1.75. The monoisotopic (exact) mass is 489 g/mol. The molecule has 1 aromatic heterocycles. The minimum atomic E-state index is 0. The Morgan fingerprint density at radius 1 is 1.23 bits per heavy atom. The standard InChI is InChI=1S/C19H27N3O2S.HI/c1-20-19(22(2)12-10-17-8-6-14-25-17)21-11-13-24-15-16-7-4-5-9-18(16)23-3;/h4-9,14H,10-13,15H2,1-3H3,(H,20,21);1H. The van der Waals surface area contributed by atoms with Crippen molar-refractivity contribution in [2.75, 3.05) is 40.9 Å². The lowest BCUT2D eigenvalue weighted by molar-refractivity contribution is 0.123. The third-order valence-corrected chi connectivity index (χ3v) is 4.76. The summed E-state index contributed by atoms with van der Waals surface area (Å²) in [6.45, 7) is 2.79. The Hall–Kier alpha value is -1.32. The summed E-state index contributed by atoms with van der Waals surface area (Å²) in [7, 11) is 5.54. The van der Waals surface area contributed by atoms with Gasteiger partial charge < -0.3 is 19.7 Å². The van der Waals surface area contributed by atoms with Gasteiger partial charge in [-0.05, 0) is 23.9 Å². The number of nitrogens with one attached hydrogen (secondary N) is 1. The molecule has 0 aliphatic heterocycles. The molecule has 0 amide bonds. The summed E-state index contributed by atoms with van der Waals surface area (Å²) in [6.07, 6.45) is 1.03. The molecule has 0 bridgehead atoms. The minimum absolute atomic E-state index is 0. The average Bonchev–Trinajstić information content (AvgIpc) is 3.16. The zero-order valence-corrected chi connectivity index (χ0v) is 18.8. The maximum absolute atomic E-state index is 5.74. The molecule has 0 atom stereocenters. The number of guanidine groups is 1. The van der Waals surface area contributed by atoms with E-state index in [1.807, 2.05) is 24.3 Å². The number of rotatable bonds is 9. The van der Waals surface area contributed by atoms with Crippen LogP contribution in [0.1, 0.15) is 10.4 Å². The summed E-state index contributed by atoms with van der Waals surface area (Å²) < 4.78 is 11.1. The summed E-state index contributed by atoms with van der Waals surface area (Å²) in [4.78, 5) is 7.86. The molecular formula is C19H28IN3O2S. The van der Waals surface area contributed by atoms with Gasteiger partial charge >= 0.3 is 0 Å². The molecule has 5 nitrogen and oxygen atoms in total. The van der Waals surface area contributed by atoms with Gasteiger partial charge in [0.2, 0.25) is 0 Å². The minimum Gasteiger partial charge on any atom is -0.496 e. The zero-order chi connectivity index (χ0) is 17.9. The second-order valence-electron chi connectivity index (χ2n) is 5.59. The fourth-order valence-corrected chi connectivity index (χ4v) is 3.16. The lowest BCUT2D eigenvalue weighted by atomic mass is 10.2. The highest BCUT2D eigenvalue weighted by Crippen LogP contribution is 2.17. The fourth-order valence-electron chi connectivity index (χ4n) is 2.46. The number of hydrogen-bond acceptors (Lipinski definition) is 4. The van der Waals surface area contributed by atoms with Gasteiger partial charge in [-0.3, -0.25) is 4.99 Å². The van der Waals surface area contributed by atoms with E-state index in [9.17, 15) is 0 Å². The molecule has 7 heteroatoms. The van der Waals surface area contributed by atoms with Crippen molar-refractivity contribution < 1.29 is 9.47 Å². The van der Waals surface area contributed by atoms with E-state index in [2.05, 4.69) is 39.8 Å². The summed E-state index contributed by atoms with van der Waals surface area (Å²) in [5.41, 5.74) is 1.06. The first kappa shape index (κ1) is 22.7. The molecule has 0 saturated carbocycles. The van der Waals surface area contributed by atoms with Crippen LogP contribution in [0.3, 0.4) is 0 Å². The van der Waals surface area contributed by atoms with Crippen LogP contribution in [-0.4, -0.2) is 51.8 Å². The predicted molar refractivity (Wildman–Crippen MR) is 120 cm³/mol. The van der Waals surface area contributed by atoms with Crippen LogP contribution in [0.5, 0.6) is 5.75 Å². The molecule has 0 radical (unpaired) electrons. The van der Waals surface area contributed by atoms with Gasteiger partial charge in [-0.2, -0.15) is 0 Å². The van der Waals surface area contributed by atoms with E-state index in [1.165, 1.54) is 4.88 Å². The number of methoxy groups -OCH3 is 1. The van der Waals surface area contributed by atoms with Crippen LogP contribution < -0.4 is 10.1 Å². The Kier molecular flexibility index (Phi) is 11.3. The molecule has 144 valence electrons. The molecule has 1 aromatic carbocycles. The van der Waals surface area contributed by atoms with Crippen molar-refractivity contribution in [3.05, 3.63) is 52.2 Å². The van der Waals surface area contributed by atoms with Crippen molar-refractivity contribution in [3.8, 4) is 5.75 Å². The summed E-state index contributed by atoms with van der Waals surface area (Å²) >= 11 is 1.79. The normalized spacial score (nSPS) is 11.0. The maximum Gasteiger partial charge on any atom is 0.193 e. The van der Waals surface area contributed by atoms with Gasteiger partial charge in [0.1, 0.15) is 5.75 Å². The number of nitrogens with zero attached hydrogens (tertiary/aromatic N) is 2. The van der Waals surface area contributed by atoms with Crippen LogP contribution in [0, 0.1) is 0 Å². The second-order valence-corrected chi connectivity index (χ2v) is 6.62. The molecule has 0 fully saturated rings. The van der Waals surface area contributed by atoms with Crippen LogP contribution in [0.4, 0.5) is 0 Å². The Labute approximate surface area is 177 Å².